The van der Waals surface area contributed by atoms with E-state index in [4.69, 9.17) is 5.73 Å². The van der Waals surface area contributed by atoms with Crippen molar-refractivity contribution in [1.82, 2.24) is 25.8 Å². The highest BCUT2D eigenvalue weighted by molar-refractivity contribution is 8.03. The average molecular weight is 521 g/mol. The van der Waals surface area contributed by atoms with Crippen LogP contribution in [-0.2, 0) is 19.2 Å². The molecule has 198 valence electrons. The molecule has 0 aromatic carbocycles. The van der Waals surface area contributed by atoms with E-state index in [1.807, 2.05) is 18.7 Å². The highest BCUT2D eigenvalue weighted by Crippen LogP contribution is 2.51. The van der Waals surface area contributed by atoms with Crippen LogP contribution in [-0.4, -0.2) is 100 Å². The van der Waals surface area contributed by atoms with Crippen LogP contribution in [0.5, 0.6) is 0 Å². The van der Waals surface area contributed by atoms with Gasteiger partial charge in [0.1, 0.15) is 5.70 Å². The molecule has 2 unspecified atom stereocenters. The van der Waals surface area contributed by atoms with E-state index in [2.05, 4.69) is 16.0 Å². The summed E-state index contributed by atoms with van der Waals surface area (Å²) in [7, 11) is 0. The van der Waals surface area contributed by atoms with E-state index in [9.17, 15) is 24.3 Å². The number of rotatable bonds is 7. The minimum absolute atomic E-state index is 0.0275. The maximum atomic E-state index is 13.1. The highest BCUT2D eigenvalue weighted by atomic mass is 32.2. The third-order valence-electron chi connectivity index (χ3n) is 8.30. The molecule has 0 aromatic heterocycles. The Balaban J connectivity index is 1.24. The van der Waals surface area contributed by atoms with Gasteiger partial charge in [0, 0.05) is 47.8 Å². The maximum Gasteiger partial charge on any atom is 0.353 e. The van der Waals surface area contributed by atoms with E-state index in [-0.39, 0.29) is 58.8 Å². The molecule has 4 fully saturated rings. The van der Waals surface area contributed by atoms with Gasteiger partial charge in [-0.1, -0.05) is 6.92 Å². The van der Waals surface area contributed by atoms with Gasteiger partial charge in [-0.3, -0.25) is 14.4 Å². The van der Waals surface area contributed by atoms with E-state index in [0.717, 1.165) is 25.8 Å². The van der Waals surface area contributed by atoms with Crippen molar-refractivity contribution in [3.63, 3.8) is 0 Å². The number of nitrogens with two attached hydrogens (primary N) is 1. The first-order chi connectivity index (χ1) is 17.2. The van der Waals surface area contributed by atoms with Crippen LogP contribution in [0.4, 0.5) is 0 Å². The minimum atomic E-state index is -1.12. The van der Waals surface area contributed by atoms with Crippen molar-refractivity contribution in [1.29, 1.82) is 0 Å². The van der Waals surface area contributed by atoms with Gasteiger partial charge in [0.2, 0.25) is 17.7 Å². The van der Waals surface area contributed by atoms with Crippen molar-refractivity contribution in [2.24, 2.45) is 17.6 Å². The number of hydrogen-bond donors (Lipinski definition) is 5. The fourth-order valence-corrected chi connectivity index (χ4v) is 7.87. The summed E-state index contributed by atoms with van der Waals surface area (Å²) in [5.74, 6) is -2.06. The Kier molecular flexibility index (Phi) is 7.05. The lowest BCUT2D eigenvalue weighted by Gasteiger charge is -2.47. The number of hydrogen-bond acceptors (Lipinski definition) is 8. The van der Waals surface area contributed by atoms with Crippen molar-refractivity contribution in [3.05, 3.63) is 10.6 Å². The molecule has 11 nitrogen and oxygen atoms in total. The Morgan fingerprint density at radius 3 is 2.64 bits per heavy atom. The van der Waals surface area contributed by atoms with Gasteiger partial charge in [-0.15, -0.1) is 11.8 Å². The van der Waals surface area contributed by atoms with Gasteiger partial charge < -0.3 is 36.6 Å². The number of likely N-dealkylation sites (tertiary alicyclic amines) is 1. The van der Waals surface area contributed by atoms with Crippen LogP contribution >= 0.6 is 11.8 Å². The molecule has 4 saturated heterocycles. The van der Waals surface area contributed by atoms with Gasteiger partial charge in [-0.25, -0.2) is 4.79 Å². The van der Waals surface area contributed by atoms with E-state index in [1.165, 1.54) is 16.7 Å². The fourth-order valence-electron chi connectivity index (χ4n) is 6.39. The summed E-state index contributed by atoms with van der Waals surface area (Å²) in [5.41, 5.74) is 6.00. The minimum Gasteiger partial charge on any atom is -0.477 e. The summed E-state index contributed by atoms with van der Waals surface area (Å²) in [6.07, 6.45) is 3.13. The second kappa shape index (κ2) is 9.96. The average Bonchev–Trinajstić information content (AvgIpc) is 3.62. The molecule has 5 aliphatic rings. The number of β-lactam (4-membered cyclic amide) rings is 1. The first-order valence-corrected chi connectivity index (χ1v) is 13.8. The molecule has 0 aromatic rings. The Bertz CT molecular complexity index is 984. The topological polar surface area (TPSA) is 157 Å². The zero-order chi connectivity index (χ0) is 25.7. The molecule has 8 atom stereocenters. The molecule has 6 N–H and O–H groups in total. The first-order valence-electron chi connectivity index (χ1n) is 13.0. The van der Waals surface area contributed by atoms with Crippen LogP contribution in [0, 0.1) is 11.8 Å². The summed E-state index contributed by atoms with van der Waals surface area (Å²) < 4.78 is 0. The van der Waals surface area contributed by atoms with Crippen LogP contribution in [0.25, 0.3) is 0 Å². The van der Waals surface area contributed by atoms with E-state index < -0.39 is 17.9 Å². The third kappa shape index (κ3) is 4.42. The quantitative estimate of drug-likeness (QED) is 0.267. The summed E-state index contributed by atoms with van der Waals surface area (Å²) in [4.78, 5) is 54.7. The number of carboxylic acid groups (broad SMARTS) is 1. The molecule has 0 aliphatic carbocycles. The van der Waals surface area contributed by atoms with Gasteiger partial charge in [-0.05, 0) is 39.2 Å². The predicted octanol–water partition coefficient (Wildman–Crippen LogP) is -0.961. The van der Waals surface area contributed by atoms with Crippen molar-refractivity contribution >= 4 is 35.5 Å². The molecule has 0 radical (unpaired) electrons. The molecule has 0 saturated carbocycles. The summed E-state index contributed by atoms with van der Waals surface area (Å²) in [6.45, 7) is 6.43. The Hall–Kier alpha value is -2.15. The third-order valence-corrected chi connectivity index (χ3v) is 9.81. The van der Waals surface area contributed by atoms with E-state index >= 15 is 0 Å². The van der Waals surface area contributed by atoms with Crippen molar-refractivity contribution in [3.8, 4) is 0 Å². The van der Waals surface area contributed by atoms with Crippen molar-refractivity contribution in [2.75, 3.05) is 26.2 Å². The molecule has 5 aliphatic heterocycles. The monoisotopic (exact) mass is 520 g/mol. The standard InChI is InChI=1S/C24H36N6O5S/c1-11-18-17(12(2)28-21(31)15-4-3-6-26-15)23(33)30(18)19(24(34)35)20(11)36-14-8-16(27-9-14)22(32)29-7-5-13(25)10-29/h11-18,26-27H,3-10,25H2,1-2H3,(H,28,31)(H,34,35)/t11-,12-,13?,14+,15?,16+,17-,18-/m1/s1. The van der Waals surface area contributed by atoms with Gasteiger partial charge in [-0.2, -0.15) is 0 Å². The molecular formula is C24H36N6O5S. The number of nitrogens with zero attached hydrogens (tertiary/aromatic N) is 2. The van der Waals surface area contributed by atoms with Gasteiger partial charge in [0.05, 0.1) is 24.0 Å². The molecule has 3 amide bonds. The molecular weight excluding hydrogens is 484 g/mol. The molecule has 0 spiro atoms. The van der Waals surface area contributed by atoms with E-state index in [0.29, 0.717) is 31.0 Å². The normalized spacial score (nSPS) is 36.8. The van der Waals surface area contributed by atoms with Crippen LogP contribution < -0.4 is 21.7 Å². The van der Waals surface area contributed by atoms with Crippen molar-refractivity contribution < 1.29 is 24.3 Å². The molecule has 12 heteroatoms. The van der Waals surface area contributed by atoms with Crippen LogP contribution in [0.2, 0.25) is 0 Å². The number of carboxylic acids is 1. The second-order valence-electron chi connectivity index (χ2n) is 10.7. The Morgan fingerprint density at radius 2 is 2.00 bits per heavy atom. The van der Waals surface area contributed by atoms with Gasteiger partial charge >= 0.3 is 5.97 Å². The lowest BCUT2D eigenvalue weighted by molar-refractivity contribution is -0.158. The highest BCUT2D eigenvalue weighted by Gasteiger charge is 2.60. The zero-order valence-corrected chi connectivity index (χ0v) is 21.6. The van der Waals surface area contributed by atoms with Crippen molar-refractivity contribution in [2.45, 2.75) is 75.0 Å². The molecule has 5 heterocycles. The largest absolute Gasteiger partial charge is 0.477 e. The number of nitrogens with one attached hydrogen (secondary N) is 3. The lowest BCUT2D eigenvalue weighted by atomic mass is 9.78. The molecule has 5 rings (SSSR count). The second-order valence-corrected chi connectivity index (χ2v) is 12.1. The summed E-state index contributed by atoms with van der Waals surface area (Å²) in [6, 6.07) is -1.20. The maximum absolute atomic E-state index is 13.1. The number of carbonyl (C=O) groups excluding carboxylic acids is 3. The lowest BCUT2D eigenvalue weighted by Crippen LogP contribution is -2.66. The van der Waals surface area contributed by atoms with E-state index in [1.54, 1.807) is 0 Å². The first kappa shape index (κ1) is 25.5. The smallest absolute Gasteiger partial charge is 0.353 e. The van der Waals surface area contributed by atoms with Crippen LogP contribution in [0.15, 0.2) is 10.6 Å². The number of fused-ring (bicyclic) bond motifs is 1. The van der Waals surface area contributed by atoms with Gasteiger partial charge in [0.15, 0.2) is 0 Å². The Morgan fingerprint density at radius 1 is 1.22 bits per heavy atom. The number of aliphatic carboxylic acids is 1. The number of carbonyl (C=O) groups is 4. The summed E-state index contributed by atoms with van der Waals surface area (Å²) >= 11 is 1.47. The van der Waals surface area contributed by atoms with Gasteiger partial charge in [0.25, 0.3) is 0 Å². The zero-order valence-electron chi connectivity index (χ0n) is 20.7. The predicted molar refractivity (Wildman–Crippen MR) is 134 cm³/mol. The fraction of sp³-hybridized carbons (Fsp3) is 0.750. The Labute approximate surface area is 214 Å². The SMILES string of the molecule is C[C@@H](NC(=O)C1CCCN1)[C@H]1C(=O)N2C(C(=O)O)=C(S[C@@H]3CN[C@H](C(=O)N4CCC(N)C4)C3)[C@H](C)[C@H]12. The summed E-state index contributed by atoms with van der Waals surface area (Å²) in [5, 5.41) is 19.5. The van der Waals surface area contributed by atoms with Crippen LogP contribution in [0.1, 0.15) is 39.5 Å². The van der Waals surface area contributed by atoms with Crippen LogP contribution in [0.3, 0.4) is 0 Å². The molecule has 0 bridgehead atoms. The number of thioether (sulfide) groups is 1. The molecule has 36 heavy (non-hydrogen) atoms. The number of amides is 3.